The highest BCUT2D eigenvalue weighted by Gasteiger charge is 2.43. The van der Waals surface area contributed by atoms with Gasteiger partial charge in [-0.05, 0) is 74.1 Å². The molecule has 0 radical (unpaired) electrons. The summed E-state index contributed by atoms with van der Waals surface area (Å²) >= 11 is 0. The first-order chi connectivity index (χ1) is 38.8. The van der Waals surface area contributed by atoms with Crippen LogP contribution in [-0.2, 0) is 75.2 Å². The van der Waals surface area contributed by atoms with Crippen LogP contribution in [0.1, 0.15) is 89.2 Å². The lowest BCUT2D eigenvalue weighted by Crippen LogP contribution is -2.61. The van der Waals surface area contributed by atoms with E-state index in [1.165, 1.54) is 29.2 Å². The molecule has 0 aromatic heterocycles. The molecule has 29 heteroatoms. The molecule has 10 atom stereocenters. The van der Waals surface area contributed by atoms with Crippen LogP contribution >= 0.6 is 0 Å². The van der Waals surface area contributed by atoms with Crippen LogP contribution in [0, 0.1) is 5.92 Å². The molecule has 2 aromatic rings. The number of rotatable bonds is 32. The number of carbonyl (C=O) groups excluding carboxylic acids is 13. The van der Waals surface area contributed by atoms with Gasteiger partial charge in [0.25, 0.3) is 0 Å². The van der Waals surface area contributed by atoms with Crippen LogP contribution in [0.5, 0.6) is 5.75 Å². The van der Waals surface area contributed by atoms with Gasteiger partial charge in [-0.1, -0.05) is 62.7 Å². The quantitative estimate of drug-likeness (QED) is 0.0325. The van der Waals surface area contributed by atoms with E-state index in [0.29, 0.717) is 18.4 Å². The zero-order chi connectivity index (χ0) is 60.8. The van der Waals surface area contributed by atoms with Gasteiger partial charge in [0.2, 0.25) is 76.8 Å². The lowest BCUT2D eigenvalue weighted by molar-refractivity contribution is -0.144. The Bertz CT molecular complexity index is 2640. The van der Waals surface area contributed by atoms with Crippen molar-refractivity contribution in [3.8, 4) is 5.75 Å². The molecule has 2 saturated heterocycles. The molecule has 4 rings (SSSR count). The van der Waals surface area contributed by atoms with Crippen LogP contribution in [0.15, 0.2) is 54.6 Å². The zero-order valence-corrected chi connectivity index (χ0v) is 45.8. The minimum Gasteiger partial charge on any atom is -0.508 e. The maximum Gasteiger partial charge on any atom is 0.246 e. The second-order valence-corrected chi connectivity index (χ2v) is 20.3. The first kappa shape index (κ1) is 65.8. The fourth-order valence-corrected chi connectivity index (χ4v) is 9.30. The van der Waals surface area contributed by atoms with Crippen molar-refractivity contribution in [3.63, 3.8) is 0 Å². The predicted molar refractivity (Wildman–Crippen MR) is 290 cm³/mol. The Labute approximate surface area is 472 Å². The summed E-state index contributed by atoms with van der Waals surface area (Å²) in [6.45, 7) is 1.97. The molecule has 19 N–H and O–H groups in total. The molecular weight excluding hydrogens is 1070 g/mol. The molecule has 0 unspecified atom stereocenters. The number of nitrogens with zero attached hydrogens (tertiary/aromatic N) is 2. The Morgan fingerprint density at radius 3 is 1.62 bits per heavy atom. The normalized spacial score (nSPS) is 17.7. The van der Waals surface area contributed by atoms with Gasteiger partial charge in [-0.2, -0.15) is 0 Å². The summed E-state index contributed by atoms with van der Waals surface area (Å²) in [7, 11) is 0. The molecule has 2 aliphatic heterocycles. The minimum absolute atomic E-state index is 0.0153. The molecular formula is C53H76N14O15. The lowest BCUT2D eigenvalue weighted by atomic mass is 9.97. The number of phenols is 1. The van der Waals surface area contributed by atoms with E-state index in [1.54, 1.807) is 38.1 Å². The van der Waals surface area contributed by atoms with Crippen LogP contribution in [0.25, 0.3) is 0 Å². The third-order valence-electron chi connectivity index (χ3n) is 14.0. The van der Waals surface area contributed by atoms with E-state index in [9.17, 15) is 72.5 Å². The number of aliphatic hydroxyl groups is 1. The Balaban J connectivity index is 1.51. The first-order valence-corrected chi connectivity index (χ1v) is 26.9. The highest BCUT2D eigenvalue weighted by molar-refractivity contribution is 6.00. The number of benzene rings is 2. The second kappa shape index (κ2) is 31.9. The van der Waals surface area contributed by atoms with Crippen molar-refractivity contribution in [2.45, 2.75) is 145 Å². The number of nitrogens with two attached hydrogens (primary N) is 5. The average molecular weight is 1150 g/mol. The van der Waals surface area contributed by atoms with Crippen molar-refractivity contribution in [2.75, 3.05) is 26.2 Å². The molecule has 2 fully saturated rings. The first-order valence-electron chi connectivity index (χ1n) is 26.9. The number of likely N-dealkylation sites (tertiary alicyclic amines) is 2. The highest BCUT2D eigenvalue weighted by atomic mass is 16.3. The van der Waals surface area contributed by atoms with Crippen LogP contribution < -0.4 is 65.9 Å². The van der Waals surface area contributed by atoms with Gasteiger partial charge >= 0.3 is 0 Å². The van der Waals surface area contributed by atoms with E-state index in [2.05, 4.69) is 37.2 Å². The largest absolute Gasteiger partial charge is 0.508 e. The Kier molecular flexibility index (Phi) is 25.6. The number of nitrogens with one attached hydrogen (secondary N) is 7. The number of carbonyl (C=O) groups is 13. The van der Waals surface area contributed by atoms with Gasteiger partial charge < -0.3 is 85.9 Å². The maximum absolute atomic E-state index is 14.5. The van der Waals surface area contributed by atoms with Gasteiger partial charge in [0.15, 0.2) is 0 Å². The Hall–Kier alpha value is -8.73. The summed E-state index contributed by atoms with van der Waals surface area (Å²) in [5.74, 6) is -12.2. The number of aliphatic hydroxyl groups excluding tert-OH is 1. The van der Waals surface area contributed by atoms with Gasteiger partial charge in [0.05, 0.1) is 25.6 Å². The zero-order valence-electron chi connectivity index (χ0n) is 45.8. The van der Waals surface area contributed by atoms with E-state index in [0.717, 1.165) is 10.5 Å². The van der Waals surface area contributed by atoms with Crippen molar-refractivity contribution in [1.29, 1.82) is 0 Å². The van der Waals surface area contributed by atoms with Crippen molar-refractivity contribution in [3.05, 3.63) is 65.7 Å². The van der Waals surface area contributed by atoms with Gasteiger partial charge in [0, 0.05) is 32.4 Å². The molecule has 29 nitrogen and oxygen atoms in total. The molecule has 2 aliphatic rings. The molecule has 0 saturated carbocycles. The fourth-order valence-electron chi connectivity index (χ4n) is 9.30. The van der Waals surface area contributed by atoms with Crippen molar-refractivity contribution in [1.82, 2.24) is 47.0 Å². The predicted octanol–water partition coefficient (Wildman–Crippen LogP) is -5.56. The number of aromatic hydroxyl groups is 1. The highest BCUT2D eigenvalue weighted by Crippen LogP contribution is 2.24. The number of phenolic OH excluding ortho intramolecular Hbond substituents is 1. The molecule has 2 aromatic carbocycles. The molecule has 0 aliphatic carbocycles. The number of amides is 13. The minimum atomic E-state index is -1.76. The second-order valence-electron chi connectivity index (χ2n) is 20.3. The summed E-state index contributed by atoms with van der Waals surface area (Å²) in [5.41, 5.74) is 28.7. The molecule has 82 heavy (non-hydrogen) atoms. The number of hydrogen-bond acceptors (Lipinski definition) is 16. The van der Waals surface area contributed by atoms with Gasteiger partial charge in [0.1, 0.15) is 54.1 Å². The topological polar surface area (TPSA) is 483 Å². The summed E-state index contributed by atoms with van der Waals surface area (Å²) in [6.07, 6.45) is -1.33. The third-order valence-corrected chi connectivity index (χ3v) is 14.0. The molecule has 448 valence electrons. The van der Waals surface area contributed by atoms with Gasteiger partial charge in [-0.15, -0.1) is 0 Å². The SMILES string of the molecule is CC[C@H](C)[C@H](NC(=O)CNC(=O)[C@@H](N)Cc1ccccc1)C(=O)N1CCC[C@H]1C(=O)N[C@@H](Cc1ccc(O)cc1)C(=O)N[C@@H](CC(N)=O)C(=O)N1CCC[C@H]1C(=O)N[C@@H](CCC(N)=O)C(=O)N[C@@H](CO)C(=O)N[C@@H](CCC(N)=O)C(N)=O. The van der Waals surface area contributed by atoms with E-state index in [1.807, 2.05) is 6.07 Å². The summed E-state index contributed by atoms with van der Waals surface area (Å²) in [5, 5.41) is 37.2. The summed E-state index contributed by atoms with van der Waals surface area (Å²) in [6, 6.07) is 1.89. The molecule has 0 spiro atoms. The summed E-state index contributed by atoms with van der Waals surface area (Å²) < 4.78 is 0. The molecule has 13 amide bonds. The van der Waals surface area contributed by atoms with Crippen LogP contribution in [0.3, 0.4) is 0 Å². The smallest absolute Gasteiger partial charge is 0.246 e. The van der Waals surface area contributed by atoms with E-state index in [4.69, 9.17) is 28.7 Å². The summed E-state index contributed by atoms with van der Waals surface area (Å²) in [4.78, 5) is 174. The van der Waals surface area contributed by atoms with Crippen LogP contribution in [0.4, 0.5) is 0 Å². The van der Waals surface area contributed by atoms with Crippen LogP contribution in [-0.4, -0.2) is 177 Å². The van der Waals surface area contributed by atoms with Crippen molar-refractivity contribution < 1.29 is 72.5 Å². The molecule has 0 bridgehead atoms. The van der Waals surface area contributed by atoms with Gasteiger partial charge in [-0.3, -0.25) is 62.3 Å². The Morgan fingerprint density at radius 1 is 0.585 bits per heavy atom. The van der Waals surface area contributed by atoms with Crippen molar-refractivity contribution in [2.24, 2.45) is 34.6 Å². The Morgan fingerprint density at radius 2 is 1.09 bits per heavy atom. The van der Waals surface area contributed by atoms with E-state index in [-0.39, 0.29) is 63.8 Å². The molecule has 2 heterocycles. The standard InChI is InChI=1S/C53H76N14O15/c1-3-28(2)44(65-43(73)26-59-46(75)32(54)23-29-9-5-4-6-10-29)53(82)67-22-8-12-39(67)51(80)62-35(24-30-13-15-31(69)16-14-30)48(77)63-36(25-42(57)72)52(81)66-21-7-11-38(66)50(79)61-34(18-20-41(56)71)47(76)64-37(27-68)49(78)60-33(45(58)74)17-19-40(55)70/h4-6,9-10,13-16,28,32-39,44,68-69H,3,7-8,11-12,17-27,54H2,1-2H3,(H2,55,70)(H2,56,71)(H2,57,72)(H2,58,74)(H,59,75)(H,60,78)(H,61,79)(H,62,80)(H,63,77)(H,64,76)(H,65,73)/t28-,32-,33-,34-,35-,36-,37-,38-,39-,44-/m0/s1. The lowest BCUT2D eigenvalue weighted by Gasteiger charge is -2.32. The maximum atomic E-state index is 14.5. The average Bonchev–Trinajstić information content (AvgIpc) is 4.31. The number of primary amides is 4. The monoisotopic (exact) mass is 1150 g/mol. The third kappa shape index (κ3) is 20.1. The van der Waals surface area contributed by atoms with Crippen molar-refractivity contribution >= 4 is 76.8 Å². The fraction of sp³-hybridized carbons (Fsp3) is 0.528. The number of hydrogen-bond donors (Lipinski definition) is 14. The van der Waals surface area contributed by atoms with E-state index >= 15 is 0 Å². The van der Waals surface area contributed by atoms with Gasteiger partial charge in [-0.25, -0.2) is 0 Å². The van der Waals surface area contributed by atoms with E-state index < -0.39 is 170 Å². The van der Waals surface area contributed by atoms with Crippen LogP contribution in [0.2, 0.25) is 0 Å².